The molecule has 2 aromatic rings. The molecule has 110 valence electrons. The van der Waals surface area contributed by atoms with Gasteiger partial charge in [0.25, 0.3) is 0 Å². The first kappa shape index (κ1) is 14.5. The highest BCUT2D eigenvalue weighted by Gasteiger charge is 2.29. The second kappa shape index (κ2) is 5.40. The van der Waals surface area contributed by atoms with Gasteiger partial charge in [-0.1, -0.05) is 23.7 Å². The van der Waals surface area contributed by atoms with Crippen LogP contribution in [-0.2, 0) is 14.8 Å². The SMILES string of the molecule is O=C1CCCC1NS(=O)(=O)c1ccc2cc(Cl)ccc2c1. The van der Waals surface area contributed by atoms with E-state index < -0.39 is 16.1 Å². The maximum Gasteiger partial charge on any atom is 0.241 e. The summed E-state index contributed by atoms with van der Waals surface area (Å²) in [6.45, 7) is 0. The molecule has 0 saturated heterocycles. The van der Waals surface area contributed by atoms with Crippen molar-refractivity contribution < 1.29 is 13.2 Å². The van der Waals surface area contributed by atoms with Crippen LogP contribution in [0.2, 0.25) is 5.02 Å². The Hall–Kier alpha value is -1.43. The molecule has 0 amide bonds. The van der Waals surface area contributed by atoms with Crippen molar-refractivity contribution in [2.24, 2.45) is 0 Å². The van der Waals surface area contributed by atoms with E-state index in [9.17, 15) is 13.2 Å². The third-order valence-electron chi connectivity index (χ3n) is 3.69. The molecule has 3 rings (SSSR count). The fourth-order valence-electron chi connectivity index (χ4n) is 2.56. The first-order valence-corrected chi connectivity index (χ1v) is 8.56. The van der Waals surface area contributed by atoms with Gasteiger partial charge in [-0.3, -0.25) is 4.79 Å². The molecular formula is C15H14ClNO3S. The van der Waals surface area contributed by atoms with E-state index in [1.807, 2.05) is 0 Å². The number of carbonyl (C=O) groups is 1. The van der Waals surface area contributed by atoms with Gasteiger partial charge in [-0.05, 0) is 47.9 Å². The number of halogens is 1. The van der Waals surface area contributed by atoms with Crippen LogP contribution in [0.25, 0.3) is 10.8 Å². The number of rotatable bonds is 3. The molecule has 1 fully saturated rings. The summed E-state index contributed by atoms with van der Waals surface area (Å²) in [4.78, 5) is 11.8. The Morgan fingerprint density at radius 2 is 1.81 bits per heavy atom. The van der Waals surface area contributed by atoms with E-state index in [2.05, 4.69) is 4.72 Å². The van der Waals surface area contributed by atoms with Crippen LogP contribution in [0, 0.1) is 0 Å². The summed E-state index contributed by atoms with van der Waals surface area (Å²) >= 11 is 5.91. The van der Waals surface area contributed by atoms with Crippen molar-refractivity contribution >= 4 is 38.2 Å². The number of carbonyl (C=O) groups excluding carboxylic acids is 1. The predicted molar refractivity (Wildman–Crippen MR) is 81.9 cm³/mol. The predicted octanol–water partition coefficient (Wildman–Crippen LogP) is 2.89. The van der Waals surface area contributed by atoms with E-state index in [1.54, 1.807) is 30.3 Å². The molecule has 2 aromatic carbocycles. The van der Waals surface area contributed by atoms with Crippen molar-refractivity contribution in [3.05, 3.63) is 41.4 Å². The van der Waals surface area contributed by atoms with Crippen molar-refractivity contribution in [1.29, 1.82) is 0 Å². The van der Waals surface area contributed by atoms with Crippen LogP contribution in [0.5, 0.6) is 0 Å². The van der Waals surface area contributed by atoms with Crippen molar-refractivity contribution in [2.45, 2.75) is 30.2 Å². The molecule has 21 heavy (non-hydrogen) atoms. The number of benzene rings is 2. The van der Waals surface area contributed by atoms with E-state index >= 15 is 0 Å². The standard InChI is InChI=1S/C15H14ClNO3S/c16-12-6-4-11-9-13(7-5-10(11)8-12)21(19,20)17-14-2-1-3-15(14)18/h4-9,14,17H,1-3H2. The van der Waals surface area contributed by atoms with Crippen molar-refractivity contribution in [2.75, 3.05) is 0 Å². The first-order chi connectivity index (χ1) is 9.95. The van der Waals surface area contributed by atoms with Crippen LogP contribution in [0.1, 0.15) is 19.3 Å². The maximum atomic E-state index is 12.4. The summed E-state index contributed by atoms with van der Waals surface area (Å²) in [7, 11) is -3.68. The smallest absolute Gasteiger partial charge is 0.241 e. The molecule has 0 aromatic heterocycles. The topological polar surface area (TPSA) is 63.2 Å². The van der Waals surface area contributed by atoms with E-state index in [0.29, 0.717) is 17.9 Å². The third kappa shape index (κ3) is 2.95. The van der Waals surface area contributed by atoms with Gasteiger partial charge < -0.3 is 0 Å². The molecule has 0 bridgehead atoms. The number of hydrogen-bond acceptors (Lipinski definition) is 3. The van der Waals surface area contributed by atoms with Gasteiger partial charge in [0.15, 0.2) is 5.78 Å². The Labute approximate surface area is 128 Å². The van der Waals surface area contributed by atoms with Crippen molar-refractivity contribution in [1.82, 2.24) is 4.72 Å². The zero-order chi connectivity index (χ0) is 15.0. The van der Waals surface area contributed by atoms with Crippen LogP contribution >= 0.6 is 11.6 Å². The van der Waals surface area contributed by atoms with E-state index in [-0.39, 0.29) is 10.7 Å². The molecule has 0 heterocycles. The Morgan fingerprint density at radius 3 is 2.52 bits per heavy atom. The largest absolute Gasteiger partial charge is 0.298 e. The molecule has 6 heteroatoms. The average Bonchev–Trinajstić information content (AvgIpc) is 2.83. The molecule has 1 saturated carbocycles. The van der Waals surface area contributed by atoms with Gasteiger partial charge in [0.2, 0.25) is 10.0 Å². The highest BCUT2D eigenvalue weighted by Crippen LogP contribution is 2.23. The van der Waals surface area contributed by atoms with Gasteiger partial charge in [-0.15, -0.1) is 0 Å². The normalized spacial score (nSPS) is 19.3. The summed E-state index contributed by atoms with van der Waals surface area (Å²) in [5.74, 6) is -0.0360. The van der Waals surface area contributed by atoms with Crippen molar-refractivity contribution in [3.8, 4) is 0 Å². The molecule has 4 nitrogen and oxygen atoms in total. The molecule has 1 N–H and O–H groups in total. The van der Waals surface area contributed by atoms with Crippen LogP contribution < -0.4 is 4.72 Å². The van der Waals surface area contributed by atoms with Gasteiger partial charge in [0, 0.05) is 11.4 Å². The Kier molecular flexibility index (Phi) is 3.73. The number of ketones is 1. The number of hydrogen-bond donors (Lipinski definition) is 1. The molecule has 0 aliphatic heterocycles. The minimum absolute atomic E-state index is 0.0360. The number of nitrogens with one attached hydrogen (secondary N) is 1. The van der Waals surface area contributed by atoms with Crippen LogP contribution in [-0.4, -0.2) is 20.2 Å². The van der Waals surface area contributed by atoms with Gasteiger partial charge in [0.1, 0.15) is 0 Å². The third-order valence-corrected chi connectivity index (χ3v) is 5.39. The lowest BCUT2D eigenvalue weighted by Crippen LogP contribution is -2.37. The van der Waals surface area contributed by atoms with Crippen LogP contribution in [0.3, 0.4) is 0 Å². The lowest BCUT2D eigenvalue weighted by Gasteiger charge is -2.12. The second-order valence-electron chi connectivity index (χ2n) is 5.19. The number of sulfonamides is 1. The number of Topliss-reactive ketones (excluding diaryl/α,β-unsaturated/α-hetero) is 1. The minimum Gasteiger partial charge on any atom is -0.298 e. The molecule has 1 aliphatic rings. The Bertz CT molecular complexity index is 817. The molecule has 0 radical (unpaired) electrons. The van der Waals surface area contributed by atoms with Gasteiger partial charge in [-0.25, -0.2) is 13.1 Å². The molecular weight excluding hydrogens is 310 g/mol. The number of fused-ring (bicyclic) bond motifs is 1. The zero-order valence-corrected chi connectivity index (χ0v) is 12.7. The van der Waals surface area contributed by atoms with Crippen LogP contribution in [0.4, 0.5) is 0 Å². The molecule has 0 spiro atoms. The van der Waals surface area contributed by atoms with Crippen LogP contribution in [0.15, 0.2) is 41.3 Å². The molecule has 1 aliphatic carbocycles. The minimum atomic E-state index is -3.68. The van der Waals surface area contributed by atoms with Crippen molar-refractivity contribution in [3.63, 3.8) is 0 Å². The lowest BCUT2D eigenvalue weighted by molar-refractivity contribution is -0.118. The summed E-state index contributed by atoms with van der Waals surface area (Å²) in [5.41, 5.74) is 0. The Morgan fingerprint density at radius 1 is 1.10 bits per heavy atom. The fourth-order valence-corrected chi connectivity index (χ4v) is 4.03. The van der Waals surface area contributed by atoms with Gasteiger partial charge >= 0.3 is 0 Å². The van der Waals surface area contributed by atoms with E-state index in [4.69, 9.17) is 11.6 Å². The quantitative estimate of drug-likeness (QED) is 0.944. The maximum absolute atomic E-state index is 12.4. The van der Waals surface area contributed by atoms with Gasteiger partial charge in [0.05, 0.1) is 10.9 Å². The zero-order valence-electron chi connectivity index (χ0n) is 11.2. The monoisotopic (exact) mass is 323 g/mol. The summed E-state index contributed by atoms with van der Waals surface area (Å²) in [6, 6.07) is 9.52. The summed E-state index contributed by atoms with van der Waals surface area (Å²) in [6.07, 6.45) is 1.76. The highest BCUT2D eigenvalue weighted by atomic mass is 35.5. The fraction of sp³-hybridized carbons (Fsp3) is 0.267. The average molecular weight is 324 g/mol. The summed E-state index contributed by atoms with van der Waals surface area (Å²) < 4.78 is 27.2. The molecule has 1 unspecified atom stereocenters. The summed E-state index contributed by atoms with van der Waals surface area (Å²) in [5, 5.41) is 2.27. The second-order valence-corrected chi connectivity index (χ2v) is 7.34. The molecule has 1 atom stereocenters. The Balaban J connectivity index is 1.95. The highest BCUT2D eigenvalue weighted by molar-refractivity contribution is 7.89. The van der Waals surface area contributed by atoms with E-state index in [0.717, 1.165) is 17.2 Å². The first-order valence-electron chi connectivity index (χ1n) is 6.70. The van der Waals surface area contributed by atoms with Gasteiger partial charge in [-0.2, -0.15) is 0 Å². The lowest BCUT2D eigenvalue weighted by atomic mass is 10.1. The van der Waals surface area contributed by atoms with E-state index in [1.165, 1.54) is 6.07 Å².